The summed E-state index contributed by atoms with van der Waals surface area (Å²) in [5.74, 6) is 0.207. The summed E-state index contributed by atoms with van der Waals surface area (Å²) in [6.45, 7) is 9.80. The summed E-state index contributed by atoms with van der Waals surface area (Å²) in [6.07, 6.45) is 1.78. The van der Waals surface area contributed by atoms with Crippen LogP contribution in [0.5, 0.6) is 0 Å². The van der Waals surface area contributed by atoms with Crippen LogP contribution in [0.4, 0.5) is 0 Å². The number of carbonyl (C=O) groups is 2. The van der Waals surface area contributed by atoms with Gasteiger partial charge in [-0.1, -0.05) is 17.2 Å². The molecule has 2 fully saturated rings. The van der Waals surface area contributed by atoms with Gasteiger partial charge in [0.1, 0.15) is 0 Å². The Balaban J connectivity index is 1.68. The number of amides is 2. The lowest BCUT2D eigenvalue weighted by Gasteiger charge is -2.38. The smallest absolute Gasteiger partial charge is 0.253 e. The fourth-order valence-corrected chi connectivity index (χ4v) is 4.03. The molecule has 1 N–H and O–H groups in total. The van der Waals surface area contributed by atoms with Crippen LogP contribution < -0.4 is 5.32 Å². The monoisotopic (exact) mass is 343 g/mol. The van der Waals surface area contributed by atoms with Gasteiger partial charge in [0, 0.05) is 44.3 Å². The fourth-order valence-electron chi connectivity index (χ4n) is 4.03. The zero-order valence-electron chi connectivity index (χ0n) is 15.5. The predicted molar refractivity (Wildman–Crippen MR) is 98.6 cm³/mol. The van der Waals surface area contributed by atoms with E-state index in [9.17, 15) is 9.59 Å². The second kappa shape index (κ2) is 7.56. The van der Waals surface area contributed by atoms with Crippen LogP contribution in [0.2, 0.25) is 0 Å². The van der Waals surface area contributed by atoms with Crippen LogP contribution in [-0.4, -0.2) is 60.4 Å². The maximum Gasteiger partial charge on any atom is 0.253 e. The van der Waals surface area contributed by atoms with E-state index >= 15 is 0 Å². The van der Waals surface area contributed by atoms with E-state index < -0.39 is 0 Å². The zero-order valence-corrected chi connectivity index (χ0v) is 15.5. The molecule has 2 heterocycles. The summed E-state index contributed by atoms with van der Waals surface area (Å²) in [4.78, 5) is 29.6. The topological polar surface area (TPSA) is 52.7 Å². The first-order valence-electron chi connectivity index (χ1n) is 9.34. The van der Waals surface area contributed by atoms with E-state index in [-0.39, 0.29) is 17.7 Å². The van der Waals surface area contributed by atoms with Crippen LogP contribution >= 0.6 is 0 Å². The Hall–Kier alpha value is -1.88. The third-order valence-corrected chi connectivity index (χ3v) is 5.21. The number of piperidine rings is 1. The Kier molecular flexibility index (Phi) is 5.42. The highest BCUT2D eigenvalue weighted by Crippen LogP contribution is 2.22. The molecule has 2 atom stereocenters. The number of hydrogen-bond donors (Lipinski definition) is 1. The molecule has 136 valence electrons. The molecule has 5 heteroatoms. The van der Waals surface area contributed by atoms with E-state index in [1.165, 1.54) is 0 Å². The maximum atomic E-state index is 12.9. The van der Waals surface area contributed by atoms with Crippen molar-refractivity contribution in [3.63, 3.8) is 0 Å². The van der Waals surface area contributed by atoms with Crippen molar-refractivity contribution in [3.05, 3.63) is 34.9 Å². The third-order valence-electron chi connectivity index (χ3n) is 5.21. The lowest BCUT2D eigenvalue weighted by Crippen LogP contribution is -2.54. The molecule has 2 unspecified atom stereocenters. The molecule has 0 bridgehead atoms. The molecule has 2 aliphatic heterocycles. The molecule has 2 amide bonds. The summed E-state index contributed by atoms with van der Waals surface area (Å²) in [6, 6.07) is 6.30. The molecule has 1 aromatic carbocycles. The highest BCUT2D eigenvalue weighted by molar-refractivity contribution is 5.95. The van der Waals surface area contributed by atoms with Gasteiger partial charge in [-0.15, -0.1) is 0 Å². The van der Waals surface area contributed by atoms with Crippen molar-refractivity contribution in [1.82, 2.24) is 15.1 Å². The number of aryl methyl sites for hydroxylation is 2. The first-order chi connectivity index (χ1) is 11.9. The average molecular weight is 343 g/mol. The Morgan fingerprint density at radius 2 is 1.76 bits per heavy atom. The van der Waals surface area contributed by atoms with E-state index in [4.69, 9.17) is 0 Å². The van der Waals surface area contributed by atoms with Crippen LogP contribution in [0, 0.1) is 19.8 Å². The van der Waals surface area contributed by atoms with E-state index in [0.717, 1.165) is 55.7 Å². The van der Waals surface area contributed by atoms with Gasteiger partial charge in [-0.25, -0.2) is 0 Å². The summed E-state index contributed by atoms with van der Waals surface area (Å²) in [5.41, 5.74) is 2.94. The van der Waals surface area contributed by atoms with Crippen molar-refractivity contribution in [2.75, 3.05) is 32.7 Å². The largest absolute Gasteiger partial charge is 0.340 e. The van der Waals surface area contributed by atoms with Crippen molar-refractivity contribution in [2.45, 2.75) is 39.7 Å². The van der Waals surface area contributed by atoms with Crippen LogP contribution in [0.1, 0.15) is 41.3 Å². The minimum absolute atomic E-state index is 0.0537. The van der Waals surface area contributed by atoms with Crippen LogP contribution in [0.25, 0.3) is 0 Å². The normalized spacial score (nSPS) is 24.3. The Labute approximate surface area is 150 Å². The van der Waals surface area contributed by atoms with Gasteiger partial charge < -0.3 is 15.1 Å². The summed E-state index contributed by atoms with van der Waals surface area (Å²) < 4.78 is 0. The molecule has 0 spiro atoms. The number of rotatable bonds is 2. The van der Waals surface area contributed by atoms with Gasteiger partial charge in [0.05, 0.1) is 5.92 Å². The Bertz CT molecular complexity index is 638. The first kappa shape index (κ1) is 17.9. The number of nitrogens with one attached hydrogen (secondary N) is 1. The summed E-state index contributed by atoms with van der Waals surface area (Å²) in [5, 5.41) is 3.37. The molecule has 0 aromatic heterocycles. The third kappa shape index (κ3) is 4.21. The molecule has 0 saturated carbocycles. The fraction of sp³-hybridized carbons (Fsp3) is 0.600. The Morgan fingerprint density at radius 3 is 2.44 bits per heavy atom. The molecule has 2 aliphatic rings. The summed E-state index contributed by atoms with van der Waals surface area (Å²) >= 11 is 0. The van der Waals surface area contributed by atoms with Gasteiger partial charge in [-0.2, -0.15) is 0 Å². The van der Waals surface area contributed by atoms with Crippen molar-refractivity contribution < 1.29 is 9.59 Å². The molecule has 3 rings (SSSR count). The number of nitrogens with zero attached hydrogens (tertiary/aromatic N) is 2. The van der Waals surface area contributed by atoms with Crippen LogP contribution in [0.15, 0.2) is 18.2 Å². The first-order valence-corrected chi connectivity index (χ1v) is 9.34. The number of piperazine rings is 1. The maximum absolute atomic E-state index is 12.9. The summed E-state index contributed by atoms with van der Waals surface area (Å²) in [7, 11) is 0. The molecule has 0 radical (unpaired) electrons. The predicted octanol–water partition coefficient (Wildman–Crippen LogP) is 1.98. The SMILES string of the molecule is Cc1cc(C)cc(C(=O)N2CCCC(C(=O)N3CCNC(C)C3)C2)c1. The van der Waals surface area contributed by atoms with Gasteiger partial charge >= 0.3 is 0 Å². The van der Waals surface area contributed by atoms with Crippen LogP contribution in [0.3, 0.4) is 0 Å². The van der Waals surface area contributed by atoms with E-state index in [2.05, 4.69) is 18.3 Å². The number of likely N-dealkylation sites (tertiary alicyclic amines) is 1. The van der Waals surface area contributed by atoms with Crippen LogP contribution in [-0.2, 0) is 4.79 Å². The van der Waals surface area contributed by atoms with E-state index in [1.807, 2.05) is 35.8 Å². The van der Waals surface area contributed by atoms with Crippen molar-refractivity contribution in [1.29, 1.82) is 0 Å². The Morgan fingerprint density at radius 1 is 1.04 bits per heavy atom. The second-order valence-electron chi connectivity index (χ2n) is 7.61. The van der Waals surface area contributed by atoms with Gasteiger partial charge in [0.2, 0.25) is 5.91 Å². The molecule has 1 aromatic rings. The highest BCUT2D eigenvalue weighted by Gasteiger charge is 2.32. The molecular formula is C20H29N3O2. The van der Waals surface area contributed by atoms with E-state index in [0.29, 0.717) is 12.6 Å². The minimum Gasteiger partial charge on any atom is -0.340 e. The molecule has 0 aliphatic carbocycles. The lowest BCUT2D eigenvalue weighted by molar-refractivity contribution is -0.138. The van der Waals surface area contributed by atoms with Crippen molar-refractivity contribution in [2.24, 2.45) is 5.92 Å². The van der Waals surface area contributed by atoms with Crippen molar-refractivity contribution in [3.8, 4) is 0 Å². The molecular weight excluding hydrogens is 314 g/mol. The van der Waals surface area contributed by atoms with Gasteiger partial charge in [0.15, 0.2) is 0 Å². The van der Waals surface area contributed by atoms with Gasteiger partial charge in [-0.05, 0) is 45.7 Å². The van der Waals surface area contributed by atoms with E-state index in [1.54, 1.807) is 0 Å². The van der Waals surface area contributed by atoms with Crippen molar-refractivity contribution >= 4 is 11.8 Å². The average Bonchev–Trinajstić information content (AvgIpc) is 2.59. The standard InChI is InChI=1S/C20H29N3O2/c1-14-9-15(2)11-18(10-14)20(25)22-7-4-5-17(13-22)19(24)23-8-6-21-16(3)12-23/h9-11,16-17,21H,4-8,12-13H2,1-3H3. The number of benzene rings is 1. The molecule has 25 heavy (non-hydrogen) atoms. The zero-order chi connectivity index (χ0) is 18.0. The molecule has 2 saturated heterocycles. The number of hydrogen-bond acceptors (Lipinski definition) is 3. The quantitative estimate of drug-likeness (QED) is 0.893. The highest BCUT2D eigenvalue weighted by atomic mass is 16.2. The van der Waals surface area contributed by atoms with Gasteiger partial charge in [-0.3, -0.25) is 9.59 Å². The minimum atomic E-state index is -0.0612. The lowest BCUT2D eigenvalue weighted by atomic mass is 9.95. The second-order valence-corrected chi connectivity index (χ2v) is 7.61. The van der Waals surface area contributed by atoms with Gasteiger partial charge in [0.25, 0.3) is 5.91 Å². The molecule has 5 nitrogen and oxygen atoms in total. The number of carbonyl (C=O) groups excluding carboxylic acids is 2.